The van der Waals surface area contributed by atoms with Gasteiger partial charge in [0.05, 0.1) is 0 Å². The zero-order valence-electron chi connectivity index (χ0n) is 6.97. The molecular weight excluding hydrogens is 191 g/mol. The average molecular weight is 205 g/mol. The molecule has 0 radical (unpaired) electrons. The van der Waals surface area contributed by atoms with Gasteiger partial charge in [-0.3, -0.25) is 0 Å². The van der Waals surface area contributed by atoms with Crippen LogP contribution in [0.1, 0.15) is 0 Å². The normalized spacial score (nSPS) is 9.27. The van der Waals surface area contributed by atoms with Crippen LogP contribution in [0.25, 0.3) is 0 Å². The summed E-state index contributed by atoms with van der Waals surface area (Å²) < 4.78 is 13.8. The van der Waals surface area contributed by atoms with Crippen molar-refractivity contribution in [2.24, 2.45) is 0 Å². The topological polar surface area (TPSA) is 27.7 Å². The summed E-state index contributed by atoms with van der Waals surface area (Å²) in [6.07, 6.45) is 0. The number of methoxy groups -OCH3 is 3. The molecule has 0 heterocycles. The Morgan fingerprint density at radius 3 is 1.18 bits per heavy atom. The largest absolute Gasteiger partial charge is 0.333 e. The van der Waals surface area contributed by atoms with Gasteiger partial charge in [0.1, 0.15) is 0 Å². The molecule has 0 aromatic carbocycles. The summed E-state index contributed by atoms with van der Waals surface area (Å²) in [5.41, 5.74) is 0. The highest BCUT2D eigenvalue weighted by atomic mass is 35.5. The summed E-state index contributed by atoms with van der Waals surface area (Å²) in [5.74, 6) is 1.11. The van der Waals surface area contributed by atoms with Crippen LogP contribution in [0.3, 0.4) is 0 Å². The van der Waals surface area contributed by atoms with Crippen molar-refractivity contribution in [1.29, 1.82) is 0 Å². The Hall–Kier alpha value is 0.460. The minimum atomic E-state index is -0.514. The van der Waals surface area contributed by atoms with E-state index in [9.17, 15) is 0 Å². The van der Waals surface area contributed by atoms with E-state index >= 15 is 0 Å². The molecule has 70 valence electrons. The molecule has 0 aliphatic carbocycles. The van der Waals surface area contributed by atoms with Crippen LogP contribution in [-0.4, -0.2) is 39.6 Å². The second-order valence-electron chi connectivity index (χ2n) is 1.37. The lowest BCUT2D eigenvalue weighted by atomic mass is 11.0. The van der Waals surface area contributed by atoms with E-state index in [0.29, 0.717) is 11.8 Å². The molecule has 0 unspecified atom stereocenters. The highest BCUT2D eigenvalue weighted by molar-refractivity contribution is 6.25. The summed E-state index contributed by atoms with van der Waals surface area (Å²) in [4.78, 5) is 0. The Balaban J connectivity index is 0. The van der Waals surface area contributed by atoms with Gasteiger partial charge in [-0.15, -0.1) is 23.2 Å². The monoisotopic (exact) mass is 204 g/mol. The van der Waals surface area contributed by atoms with Crippen LogP contribution in [-0.2, 0) is 14.2 Å². The van der Waals surface area contributed by atoms with Crippen LogP contribution in [0.15, 0.2) is 0 Å². The highest BCUT2D eigenvalue weighted by Crippen LogP contribution is 1.87. The molecule has 0 N–H and O–H groups in total. The van der Waals surface area contributed by atoms with Crippen LogP contribution in [0.2, 0.25) is 0 Å². The lowest BCUT2D eigenvalue weighted by Gasteiger charge is -2.08. The smallest absolute Gasteiger partial charge is 0.270 e. The van der Waals surface area contributed by atoms with Gasteiger partial charge in [-0.25, -0.2) is 0 Å². The molecule has 0 spiro atoms. The van der Waals surface area contributed by atoms with Gasteiger partial charge in [0.15, 0.2) is 0 Å². The van der Waals surface area contributed by atoms with Crippen molar-refractivity contribution in [2.75, 3.05) is 33.1 Å². The Kier molecular flexibility index (Phi) is 16.7. The predicted molar refractivity (Wildman–Crippen MR) is 46.3 cm³/mol. The molecule has 0 aliphatic heterocycles. The van der Waals surface area contributed by atoms with E-state index in [1.807, 2.05) is 0 Å². The second kappa shape index (κ2) is 13.1. The molecule has 0 aliphatic rings. The fourth-order valence-corrected chi connectivity index (χ4v) is 0.289. The van der Waals surface area contributed by atoms with Crippen LogP contribution in [0.4, 0.5) is 0 Å². The quantitative estimate of drug-likeness (QED) is 0.516. The third kappa shape index (κ3) is 13.5. The second-order valence-corrected chi connectivity index (χ2v) is 2.13. The minimum absolute atomic E-state index is 0.514. The van der Waals surface area contributed by atoms with E-state index in [-0.39, 0.29) is 0 Å². The fourth-order valence-electron chi connectivity index (χ4n) is 0.289. The van der Waals surface area contributed by atoms with Crippen molar-refractivity contribution < 1.29 is 14.2 Å². The Morgan fingerprint density at radius 2 is 1.18 bits per heavy atom. The standard InChI is InChI=1S/C4H10O3.C2H4Cl2/c1-5-4(6-2)7-3;3-1-2-4/h4H,1-3H3;1-2H2. The maximum atomic E-state index is 5.05. The third-order valence-electron chi connectivity index (χ3n) is 0.649. The number of hydrogen-bond donors (Lipinski definition) is 0. The Labute approximate surface area is 77.5 Å². The molecule has 3 nitrogen and oxygen atoms in total. The van der Waals surface area contributed by atoms with Crippen molar-refractivity contribution in [3.63, 3.8) is 0 Å². The molecule has 0 atom stereocenters. The van der Waals surface area contributed by atoms with E-state index in [1.54, 1.807) is 0 Å². The maximum Gasteiger partial charge on any atom is 0.270 e. The molecule has 0 rings (SSSR count). The Morgan fingerprint density at radius 1 is 0.909 bits per heavy atom. The van der Waals surface area contributed by atoms with Gasteiger partial charge in [0.25, 0.3) is 6.48 Å². The van der Waals surface area contributed by atoms with Gasteiger partial charge in [-0.2, -0.15) is 0 Å². The summed E-state index contributed by atoms with van der Waals surface area (Å²) in [7, 11) is 4.53. The van der Waals surface area contributed by atoms with Crippen molar-refractivity contribution in [3.8, 4) is 0 Å². The average Bonchev–Trinajstić information content (AvgIpc) is 2.08. The van der Waals surface area contributed by atoms with E-state index in [1.165, 1.54) is 21.3 Å². The minimum Gasteiger partial charge on any atom is -0.333 e. The lowest BCUT2D eigenvalue weighted by Crippen LogP contribution is -2.14. The molecule has 0 aromatic rings. The molecule has 0 fully saturated rings. The maximum absolute atomic E-state index is 5.05. The molecule has 0 amide bonds. The molecule has 5 heteroatoms. The first-order chi connectivity index (χ1) is 5.26. The Bertz CT molecular complexity index is 52.3. The molecule has 0 aromatic heterocycles. The first-order valence-corrected chi connectivity index (χ1v) is 4.04. The third-order valence-corrected chi connectivity index (χ3v) is 1.22. The number of hydrogen-bond acceptors (Lipinski definition) is 3. The summed E-state index contributed by atoms with van der Waals surface area (Å²) in [6, 6.07) is 0. The van der Waals surface area contributed by atoms with Crippen molar-refractivity contribution in [1.82, 2.24) is 0 Å². The van der Waals surface area contributed by atoms with Crippen LogP contribution in [0.5, 0.6) is 0 Å². The molecule has 0 saturated heterocycles. The number of ether oxygens (including phenoxy) is 3. The first kappa shape index (κ1) is 14.0. The van der Waals surface area contributed by atoms with Crippen molar-refractivity contribution in [3.05, 3.63) is 0 Å². The van der Waals surface area contributed by atoms with Gasteiger partial charge in [0.2, 0.25) is 0 Å². The van der Waals surface area contributed by atoms with E-state index in [0.717, 1.165) is 0 Å². The van der Waals surface area contributed by atoms with Crippen LogP contribution >= 0.6 is 23.2 Å². The highest BCUT2D eigenvalue weighted by Gasteiger charge is 1.96. The van der Waals surface area contributed by atoms with Crippen LogP contribution in [0, 0.1) is 0 Å². The first-order valence-electron chi connectivity index (χ1n) is 2.97. The molecule has 11 heavy (non-hydrogen) atoms. The van der Waals surface area contributed by atoms with Crippen molar-refractivity contribution in [2.45, 2.75) is 6.48 Å². The molecular formula is C6H14Cl2O3. The van der Waals surface area contributed by atoms with E-state index in [2.05, 4.69) is 14.2 Å². The summed E-state index contributed by atoms with van der Waals surface area (Å²) in [6.45, 7) is -0.514. The number of rotatable bonds is 4. The molecule has 0 saturated carbocycles. The lowest BCUT2D eigenvalue weighted by molar-refractivity contribution is -0.252. The number of alkyl halides is 2. The van der Waals surface area contributed by atoms with E-state index in [4.69, 9.17) is 23.2 Å². The van der Waals surface area contributed by atoms with Gasteiger partial charge in [-0.05, 0) is 0 Å². The zero-order valence-corrected chi connectivity index (χ0v) is 8.48. The van der Waals surface area contributed by atoms with Gasteiger partial charge in [0, 0.05) is 33.1 Å². The summed E-state index contributed by atoms with van der Waals surface area (Å²) in [5, 5.41) is 0. The number of halogens is 2. The van der Waals surface area contributed by atoms with Crippen molar-refractivity contribution >= 4 is 23.2 Å². The van der Waals surface area contributed by atoms with Gasteiger partial charge < -0.3 is 14.2 Å². The van der Waals surface area contributed by atoms with E-state index < -0.39 is 6.48 Å². The predicted octanol–water partition coefficient (Wildman–Crippen LogP) is 1.67. The zero-order chi connectivity index (χ0) is 9.11. The summed E-state index contributed by atoms with van der Waals surface area (Å²) >= 11 is 10.1. The van der Waals surface area contributed by atoms with Gasteiger partial charge in [-0.1, -0.05) is 0 Å². The SMILES string of the molecule is COC(OC)OC.ClCCCl. The van der Waals surface area contributed by atoms with Gasteiger partial charge >= 0.3 is 0 Å². The molecule has 0 bridgehead atoms. The van der Waals surface area contributed by atoms with Crippen LogP contribution < -0.4 is 0 Å². The fraction of sp³-hybridized carbons (Fsp3) is 1.00.